The van der Waals surface area contributed by atoms with E-state index in [2.05, 4.69) is 15.0 Å². The second-order valence-corrected chi connectivity index (χ2v) is 5.96. The quantitative estimate of drug-likeness (QED) is 0.866. The molecule has 2 saturated carbocycles. The van der Waals surface area contributed by atoms with Crippen molar-refractivity contribution in [1.82, 2.24) is 19.5 Å². The van der Waals surface area contributed by atoms with Crippen LogP contribution in [0.5, 0.6) is 0 Å². The first-order valence-corrected chi connectivity index (χ1v) is 7.43. The van der Waals surface area contributed by atoms with E-state index in [1.165, 1.54) is 30.3 Å². The predicted octanol–water partition coefficient (Wildman–Crippen LogP) is 1.34. The van der Waals surface area contributed by atoms with Gasteiger partial charge < -0.3 is 4.98 Å². The highest BCUT2D eigenvalue weighted by Gasteiger charge is 2.53. The average Bonchev–Trinajstić information content (AvgIpc) is 3.01. The molecule has 106 valence electrons. The lowest BCUT2D eigenvalue weighted by Crippen LogP contribution is -2.29. The normalized spacial score (nSPS) is 28.6. The zero-order valence-electron chi connectivity index (χ0n) is 11.5. The fourth-order valence-electron chi connectivity index (χ4n) is 3.91. The molecule has 2 unspecified atom stereocenters. The van der Waals surface area contributed by atoms with Crippen LogP contribution in [0, 0.1) is 11.8 Å². The smallest absolute Gasteiger partial charge is 0.330 e. The summed E-state index contributed by atoms with van der Waals surface area (Å²) in [6.45, 7) is 2.39. The van der Waals surface area contributed by atoms with Crippen LogP contribution in [0.2, 0.25) is 0 Å². The summed E-state index contributed by atoms with van der Waals surface area (Å²) >= 11 is 0. The Hall–Kier alpha value is -1.85. The molecule has 0 bridgehead atoms. The van der Waals surface area contributed by atoms with Crippen LogP contribution in [-0.2, 0) is 6.54 Å². The van der Waals surface area contributed by atoms with E-state index in [0.717, 1.165) is 17.7 Å². The molecule has 0 amide bonds. The number of aryl methyl sites for hydroxylation is 1. The monoisotopic (exact) mass is 274 g/mol. The van der Waals surface area contributed by atoms with Gasteiger partial charge in [-0.05, 0) is 31.6 Å². The third kappa shape index (κ3) is 1.53. The average molecular weight is 274 g/mol. The molecule has 2 heterocycles. The van der Waals surface area contributed by atoms with Crippen molar-refractivity contribution < 1.29 is 0 Å². The summed E-state index contributed by atoms with van der Waals surface area (Å²) in [6.07, 6.45) is 5.14. The third-order valence-corrected chi connectivity index (χ3v) is 4.94. The summed E-state index contributed by atoms with van der Waals surface area (Å²) in [7, 11) is 0. The number of hydrogen-bond acceptors (Lipinski definition) is 3. The number of imidazole rings is 1. The van der Waals surface area contributed by atoms with Gasteiger partial charge in [-0.15, -0.1) is 0 Å². The molecule has 0 aliphatic heterocycles. The molecule has 6 heteroatoms. The zero-order valence-corrected chi connectivity index (χ0v) is 11.5. The van der Waals surface area contributed by atoms with Crippen molar-refractivity contribution in [2.45, 2.75) is 45.1 Å². The van der Waals surface area contributed by atoms with E-state index in [9.17, 15) is 9.59 Å². The van der Waals surface area contributed by atoms with Crippen molar-refractivity contribution in [3.8, 4) is 0 Å². The van der Waals surface area contributed by atoms with E-state index in [4.69, 9.17) is 0 Å². The second-order valence-electron chi connectivity index (χ2n) is 5.96. The minimum atomic E-state index is -0.378. The van der Waals surface area contributed by atoms with Gasteiger partial charge in [-0.2, -0.15) is 0 Å². The number of aromatic amines is 2. The van der Waals surface area contributed by atoms with Gasteiger partial charge in [0.15, 0.2) is 5.65 Å². The largest absolute Gasteiger partial charge is 0.336 e. The maximum absolute atomic E-state index is 11.9. The SMILES string of the molecule is CCn1c(=O)[nH]c(=O)c2[nH]c(C3C4CCCCC43)nc21. The highest BCUT2D eigenvalue weighted by Crippen LogP contribution is 2.60. The van der Waals surface area contributed by atoms with Gasteiger partial charge in [0, 0.05) is 12.5 Å². The number of fused-ring (bicyclic) bond motifs is 2. The van der Waals surface area contributed by atoms with Gasteiger partial charge in [-0.3, -0.25) is 14.3 Å². The summed E-state index contributed by atoms with van der Waals surface area (Å²) in [5, 5.41) is 0. The number of H-pyrrole nitrogens is 2. The Morgan fingerprint density at radius 3 is 2.55 bits per heavy atom. The molecule has 20 heavy (non-hydrogen) atoms. The molecule has 2 aromatic heterocycles. The number of aromatic nitrogens is 4. The molecule has 6 nitrogen and oxygen atoms in total. The Bertz CT molecular complexity index is 773. The lowest BCUT2D eigenvalue weighted by Gasteiger charge is -2.04. The van der Waals surface area contributed by atoms with E-state index in [1.807, 2.05) is 6.92 Å². The minimum absolute atomic E-state index is 0.364. The molecule has 2 N–H and O–H groups in total. The fourth-order valence-corrected chi connectivity index (χ4v) is 3.91. The van der Waals surface area contributed by atoms with Gasteiger partial charge in [0.25, 0.3) is 5.56 Å². The van der Waals surface area contributed by atoms with E-state index in [1.54, 1.807) is 0 Å². The van der Waals surface area contributed by atoms with Crippen LogP contribution in [0.4, 0.5) is 0 Å². The number of rotatable bonds is 2. The Balaban J connectivity index is 1.85. The lowest BCUT2D eigenvalue weighted by atomic mass is 10.0. The fraction of sp³-hybridized carbons (Fsp3) is 0.643. The highest BCUT2D eigenvalue weighted by molar-refractivity contribution is 5.70. The summed E-state index contributed by atoms with van der Waals surface area (Å²) in [5.41, 5.74) is 0.193. The van der Waals surface area contributed by atoms with Crippen molar-refractivity contribution in [2.75, 3.05) is 0 Å². The maximum atomic E-state index is 11.9. The van der Waals surface area contributed by atoms with Crippen LogP contribution in [0.1, 0.15) is 44.3 Å². The van der Waals surface area contributed by atoms with Crippen LogP contribution in [0.25, 0.3) is 11.2 Å². The Morgan fingerprint density at radius 2 is 1.90 bits per heavy atom. The van der Waals surface area contributed by atoms with Crippen molar-refractivity contribution in [1.29, 1.82) is 0 Å². The highest BCUT2D eigenvalue weighted by atomic mass is 16.2. The Morgan fingerprint density at radius 1 is 1.20 bits per heavy atom. The molecule has 2 aliphatic carbocycles. The Labute approximate surface area is 115 Å². The van der Waals surface area contributed by atoms with Crippen LogP contribution >= 0.6 is 0 Å². The number of hydrogen-bond donors (Lipinski definition) is 2. The van der Waals surface area contributed by atoms with Crippen molar-refractivity contribution in [2.24, 2.45) is 11.8 Å². The molecular formula is C14H18N4O2. The van der Waals surface area contributed by atoms with Crippen molar-refractivity contribution in [3.63, 3.8) is 0 Å². The molecular weight excluding hydrogens is 256 g/mol. The first-order chi connectivity index (χ1) is 9.70. The van der Waals surface area contributed by atoms with Gasteiger partial charge in [0.1, 0.15) is 11.3 Å². The first kappa shape index (κ1) is 11.9. The number of nitrogens with zero attached hydrogens (tertiary/aromatic N) is 2. The molecule has 2 aliphatic rings. The summed E-state index contributed by atoms with van der Waals surface area (Å²) in [6, 6.07) is 0. The van der Waals surface area contributed by atoms with Gasteiger partial charge in [-0.1, -0.05) is 12.8 Å². The number of nitrogens with one attached hydrogen (secondary N) is 2. The van der Waals surface area contributed by atoms with E-state index < -0.39 is 0 Å². The van der Waals surface area contributed by atoms with Gasteiger partial charge in [0.2, 0.25) is 0 Å². The van der Waals surface area contributed by atoms with Gasteiger partial charge >= 0.3 is 5.69 Å². The topological polar surface area (TPSA) is 83.5 Å². The lowest BCUT2D eigenvalue weighted by molar-refractivity contribution is 0.480. The molecule has 0 radical (unpaired) electrons. The van der Waals surface area contributed by atoms with Crippen LogP contribution in [0.3, 0.4) is 0 Å². The molecule has 0 spiro atoms. The summed E-state index contributed by atoms with van der Waals surface area (Å²) < 4.78 is 1.52. The maximum Gasteiger partial charge on any atom is 0.330 e. The van der Waals surface area contributed by atoms with Crippen LogP contribution < -0.4 is 11.2 Å². The van der Waals surface area contributed by atoms with Gasteiger partial charge in [0.05, 0.1) is 0 Å². The molecule has 0 saturated heterocycles. The standard InChI is InChI=1S/C14H18N4O2/c1-2-18-12-10(13(19)17-14(18)20)15-11(16-12)9-7-5-3-4-6-8(7)9/h7-9H,2-6H2,1H3,(H,15,16)(H,17,19,20). The molecule has 2 atom stereocenters. The molecule has 0 aromatic carbocycles. The van der Waals surface area contributed by atoms with Gasteiger partial charge in [-0.25, -0.2) is 9.78 Å². The van der Waals surface area contributed by atoms with E-state index >= 15 is 0 Å². The third-order valence-electron chi connectivity index (χ3n) is 4.94. The summed E-state index contributed by atoms with van der Waals surface area (Å²) in [5.74, 6) is 2.82. The van der Waals surface area contributed by atoms with Crippen molar-refractivity contribution in [3.05, 3.63) is 26.7 Å². The van der Waals surface area contributed by atoms with E-state index in [0.29, 0.717) is 23.6 Å². The van der Waals surface area contributed by atoms with Crippen LogP contribution in [-0.4, -0.2) is 19.5 Å². The zero-order chi connectivity index (χ0) is 13.9. The molecule has 2 aromatic rings. The van der Waals surface area contributed by atoms with Crippen LogP contribution in [0.15, 0.2) is 9.59 Å². The first-order valence-electron chi connectivity index (χ1n) is 7.43. The second kappa shape index (κ2) is 4.07. The molecule has 2 fully saturated rings. The Kier molecular flexibility index (Phi) is 2.43. The molecule has 4 rings (SSSR count). The van der Waals surface area contributed by atoms with E-state index in [-0.39, 0.29) is 11.2 Å². The van der Waals surface area contributed by atoms with Crippen molar-refractivity contribution >= 4 is 11.2 Å². The summed E-state index contributed by atoms with van der Waals surface area (Å²) in [4.78, 5) is 33.8. The minimum Gasteiger partial charge on any atom is -0.336 e. The predicted molar refractivity (Wildman–Crippen MR) is 74.8 cm³/mol.